The van der Waals surface area contributed by atoms with E-state index in [1.807, 2.05) is 0 Å². The lowest BCUT2D eigenvalue weighted by Crippen LogP contribution is -2.31. The van der Waals surface area contributed by atoms with E-state index in [0.717, 1.165) is 12.8 Å². The van der Waals surface area contributed by atoms with Gasteiger partial charge >= 0.3 is 0 Å². The minimum Gasteiger partial charge on any atom is -0.307 e. The molecule has 0 aromatic heterocycles. The fourth-order valence-corrected chi connectivity index (χ4v) is 2.24. The number of nitrogens with one attached hydrogen (secondary N) is 1. The quantitative estimate of drug-likeness (QED) is 0.493. The van der Waals surface area contributed by atoms with Crippen molar-refractivity contribution < 1.29 is 9.72 Å². The third-order valence-electron chi connectivity index (χ3n) is 3.31. The summed E-state index contributed by atoms with van der Waals surface area (Å²) in [6.45, 7) is 0.308. The highest BCUT2D eigenvalue weighted by atomic mass is 16.6. The number of nitrogens with zero attached hydrogens (tertiary/aromatic N) is 1. The molecule has 1 saturated carbocycles. The molecule has 1 aliphatic carbocycles. The molecule has 0 radical (unpaired) electrons. The van der Waals surface area contributed by atoms with E-state index in [2.05, 4.69) is 5.32 Å². The number of hydrogen-bond donors (Lipinski definition) is 1. The Morgan fingerprint density at radius 2 is 1.89 bits per heavy atom. The van der Waals surface area contributed by atoms with Gasteiger partial charge in [0.2, 0.25) is 0 Å². The van der Waals surface area contributed by atoms with Crippen LogP contribution < -0.4 is 5.32 Å². The molecule has 0 spiro atoms. The van der Waals surface area contributed by atoms with Crippen LogP contribution in [0.4, 0.5) is 5.69 Å². The van der Waals surface area contributed by atoms with Crippen molar-refractivity contribution in [2.45, 2.75) is 31.7 Å². The Morgan fingerprint density at radius 1 is 1.28 bits per heavy atom. The van der Waals surface area contributed by atoms with Crippen molar-refractivity contribution in [3.63, 3.8) is 0 Å². The number of Topliss-reactive ketones (excluding diaryl/α,β-unsaturated/α-hetero) is 1. The van der Waals surface area contributed by atoms with Gasteiger partial charge in [0.25, 0.3) is 5.69 Å². The second-order valence-corrected chi connectivity index (χ2v) is 4.59. The summed E-state index contributed by atoms with van der Waals surface area (Å²) in [7, 11) is 0. The van der Waals surface area contributed by atoms with Crippen LogP contribution in [0, 0.1) is 10.1 Å². The minimum absolute atomic E-state index is 0.00954. The zero-order chi connectivity index (χ0) is 13.0. The molecule has 0 unspecified atom stereocenters. The fourth-order valence-electron chi connectivity index (χ4n) is 2.24. The van der Waals surface area contributed by atoms with Crippen molar-refractivity contribution in [2.24, 2.45) is 0 Å². The Morgan fingerprint density at radius 3 is 2.44 bits per heavy atom. The lowest BCUT2D eigenvalue weighted by molar-refractivity contribution is -0.384. The topological polar surface area (TPSA) is 72.2 Å². The molecule has 1 aromatic carbocycles. The molecule has 1 aromatic rings. The van der Waals surface area contributed by atoms with Crippen LogP contribution in [0.1, 0.15) is 36.0 Å². The number of nitro groups is 1. The normalized spacial score (nSPS) is 15.8. The van der Waals surface area contributed by atoms with Crippen LogP contribution in [0.5, 0.6) is 0 Å². The van der Waals surface area contributed by atoms with Gasteiger partial charge in [0.1, 0.15) is 0 Å². The van der Waals surface area contributed by atoms with Crippen molar-refractivity contribution in [3.8, 4) is 0 Å². The molecule has 5 heteroatoms. The summed E-state index contributed by atoms with van der Waals surface area (Å²) in [4.78, 5) is 21.9. The second kappa shape index (κ2) is 5.73. The molecule has 5 nitrogen and oxygen atoms in total. The number of carbonyl (C=O) groups is 1. The van der Waals surface area contributed by atoms with Crippen LogP contribution in [0.3, 0.4) is 0 Å². The number of nitro benzene ring substituents is 1. The maximum absolute atomic E-state index is 11.9. The van der Waals surface area contributed by atoms with Gasteiger partial charge in [0.15, 0.2) is 5.78 Å². The Hall–Kier alpha value is -1.75. The van der Waals surface area contributed by atoms with Gasteiger partial charge in [0, 0.05) is 23.7 Å². The first-order valence-corrected chi connectivity index (χ1v) is 6.18. The Bertz CT molecular complexity index is 436. The minimum atomic E-state index is -0.467. The average Bonchev–Trinajstić information content (AvgIpc) is 2.89. The van der Waals surface area contributed by atoms with Crippen molar-refractivity contribution in [3.05, 3.63) is 39.9 Å². The summed E-state index contributed by atoms with van der Waals surface area (Å²) < 4.78 is 0. The highest BCUT2D eigenvalue weighted by Crippen LogP contribution is 2.17. The molecule has 1 fully saturated rings. The van der Waals surface area contributed by atoms with Crippen LogP contribution >= 0.6 is 0 Å². The van der Waals surface area contributed by atoms with Crippen LogP contribution in [-0.4, -0.2) is 23.3 Å². The van der Waals surface area contributed by atoms with Gasteiger partial charge in [-0.3, -0.25) is 14.9 Å². The van der Waals surface area contributed by atoms with Crippen LogP contribution in [0.25, 0.3) is 0 Å². The third-order valence-corrected chi connectivity index (χ3v) is 3.31. The van der Waals surface area contributed by atoms with Crippen LogP contribution in [0.2, 0.25) is 0 Å². The van der Waals surface area contributed by atoms with Gasteiger partial charge in [-0.15, -0.1) is 0 Å². The summed E-state index contributed by atoms with van der Waals surface area (Å²) in [6, 6.07) is 6.20. The number of rotatable bonds is 5. The molecule has 96 valence electrons. The van der Waals surface area contributed by atoms with E-state index in [-0.39, 0.29) is 11.5 Å². The molecule has 18 heavy (non-hydrogen) atoms. The van der Waals surface area contributed by atoms with E-state index in [9.17, 15) is 14.9 Å². The lowest BCUT2D eigenvalue weighted by atomic mass is 10.1. The zero-order valence-corrected chi connectivity index (χ0v) is 10.1. The van der Waals surface area contributed by atoms with E-state index >= 15 is 0 Å². The largest absolute Gasteiger partial charge is 0.307 e. The fraction of sp³-hybridized carbons (Fsp3) is 0.462. The summed E-state index contributed by atoms with van der Waals surface area (Å²) >= 11 is 0. The highest BCUT2D eigenvalue weighted by molar-refractivity contribution is 5.97. The Kier molecular flexibility index (Phi) is 4.04. The van der Waals surface area contributed by atoms with Gasteiger partial charge in [-0.1, -0.05) is 12.8 Å². The van der Waals surface area contributed by atoms with Gasteiger partial charge in [-0.25, -0.2) is 0 Å². The van der Waals surface area contributed by atoms with E-state index < -0.39 is 4.92 Å². The Labute approximate surface area is 105 Å². The Balaban J connectivity index is 1.89. The van der Waals surface area contributed by atoms with E-state index in [1.54, 1.807) is 0 Å². The molecule has 1 N–H and O–H groups in total. The van der Waals surface area contributed by atoms with Gasteiger partial charge in [0.05, 0.1) is 11.5 Å². The lowest BCUT2D eigenvalue weighted by Gasteiger charge is -2.10. The summed E-state index contributed by atoms with van der Waals surface area (Å²) in [6.07, 6.45) is 4.72. The first-order chi connectivity index (χ1) is 8.66. The standard InChI is InChI=1S/C13H16N2O3/c16-13(9-14-11-3-1-2-4-11)10-5-7-12(8-6-10)15(17)18/h5-8,11,14H,1-4,9H2. The second-order valence-electron chi connectivity index (χ2n) is 4.59. The number of ketones is 1. The number of benzene rings is 1. The van der Waals surface area contributed by atoms with Gasteiger partial charge in [-0.2, -0.15) is 0 Å². The summed E-state index contributed by atoms with van der Waals surface area (Å²) in [5, 5.41) is 13.7. The molecule has 0 aliphatic heterocycles. The van der Waals surface area contributed by atoms with Gasteiger partial charge in [-0.05, 0) is 25.0 Å². The predicted octanol–water partition coefficient (Wildman–Crippen LogP) is 2.31. The maximum Gasteiger partial charge on any atom is 0.269 e. The zero-order valence-electron chi connectivity index (χ0n) is 10.1. The first-order valence-electron chi connectivity index (χ1n) is 6.18. The molecule has 2 rings (SSSR count). The SMILES string of the molecule is O=C(CNC1CCCC1)c1ccc([N+](=O)[O-])cc1. The van der Waals surface area contributed by atoms with Crippen molar-refractivity contribution in [1.82, 2.24) is 5.32 Å². The van der Waals surface area contributed by atoms with E-state index in [0.29, 0.717) is 18.2 Å². The molecular weight excluding hydrogens is 232 g/mol. The smallest absolute Gasteiger partial charge is 0.269 e. The van der Waals surface area contributed by atoms with Crippen molar-refractivity contribution in [1.29, 1.82) is 0 Å². The molecule has 0 heterocycles. The van der Waals surface area contributed by atoms with E-state index in [1.165, 1.54) is 37.1 Å². The molecule has 1 aliphatic rings. The van der Waals surface area contributed by atoms with Crippen LogP contribution in [-0.2, 0) is 0 Å². The third kappa shape index (κ3) is 3.13. The molecule has 0 bridgehead atoms. The summed E-state index contributed by atoms with van der Waals surface area (Å²) in [5.74, 6) is -0.0169. The number of hydrogen-bond acceptors (Lipinski definition) is 4. The number of carbonyl (C=O) groups excluding carboxylic acids is 1. The molecule has 0 atom stereocenters. The van der Waals surface area contributed by atoms with Gasteiger partial charge < -0.3 is 5.32 Å². The van der Waals surface area contributed by atoms with Crippen LogP contribution in [0.15, 0.2) is 24.3 Å². The summed E-state index contributed by atoms with van der Waals surface area (Å²) in [5.41, 5.74) is 0.529. The highest BCUT2D eigenvalue weighted by Gasteiger charge is 2.16. The maximum atomic E-state index is 11.9. The molecular formula is C13H16N2O3. The molecule has 0 amide bonds. The first kappa shape index (κ1) is 12.7. The monoisotopic (exact) mass is 248 g/mol. The number of non-ortho nitro benzene ring substituents is 1. The van der Waals surface area contributed by atoms with E-state index in [4.69, 9.17) is 0 Å². The van der Waals surface area contributed by atoms with Crippen molar-refractivity contribution in [2.75, 3.05) is 6.54 Å². The van der Waals surface area contributed by atoms with Crippen molar-refractivity contribution >= 4 is 11.5 Å². The molecule has 0 saturated heterocycles. The average molecular weight is 248 g/mol. The predicted molar refractivity (Wildman–Crippen MR) is 67.7 cm³/mol.